The van der Waals surface area contributed by atoms with E-state index in [1.54, 1.807) is 0 Å². The van der Waals surface area contributed by atoms with Gasteiger partial charge in [0.2, 0.25) is 0 Å². The van der Waals surface area contributed by atoms with Crippen molar-refractivity contribution < 1.29 is 4.42 Å². The average molecular weight is 690 g/mol. The van der Waals surface area contributed by atoms with E-state index in [2.05, 4.69) is 199 Å². The van der Waals surface area contributed by atoms with Crippen molar-refractivity contribution in [2.45, 2.75) is 0 Å². The standard InChI is InChI=1S/C52H35NO/c1-2-11-36(12-3-1)37-21-23-38(24-22-37)39-25-29-45(30-26-39)53(50-34-42-13-4-6-17-47(42)48-18-7-8-19-49(48)50)46-31-27-40(28-32-46)41-15-10-16-43(33-41)52-35-44-14-5-9-20-51(44)54-52/h1-35H. The summed E-state index contributed by atoms with van der Waals surface area (Å²) in [6.07, 6.45) is 0. The lowest BCUT2D eigenvalue weighted by Gasteiger charge is -2.28. The van der Waals surface area contributed by atoms with E-state index in [0.717, 1.165) is 50.5 Å². The van der Waals surface area contributed by atoms with Gasteiger partial charge in [-0.3, -0.25) is 0 Å². The van der Waals surface area contributed by atoms with Gasteiger partial charge in [0.15, 0.2) is 0 Å². The molecule has 0 unspecified atom stereocenters. The molecule has 0 aliphatic heterocycles. The van der Waals surface area contributed by atoms with Crippen LogP contribution in [-0.4, -0.2) is 0 Å². The summed E-state index contributed by atoms with van der Waals surface area (Å²) in [7, 11) is 0. The van der Waals surface area contributed by atoms with Gasteiger partial charge >= 0.3 is 0 Å². The molecule has 254 valence electrons. The maximum Gasteiger partial charge on any atom is 0.135 e. The summed E-state index contributed by atoms with van der Waals surface area (Å²) >= 11 is 0. The molecule has 2 nitrogen and oxygen atoms in total. The Hall–Kier alpha value is -7.16. The van der Waals surface area contributed by atoms with Gasteiger partial charge in [-0.15, -0.1) is 0 Å². The molecule has 2 heteroatoms. The molecule has 1 heterocycles. The predicted octanol–water partition coefficient (Wildman–Crippen LogP) is 14.9. The molecule has 0 bridgehead atoms. The zero-order valence-electron chi connectivity index (χ0n) is 29.6. The number of furan rings is 1. The van der Waals surface area contributed by atoms with E-state index in [0.29, 0.717) is 0 Å². The zero-order valence-corrected chi connectivity index (χ0v) is 29.6. The SMILES string of the molecule is c1ccc(-c2ccc(-c3ccc(N(c4ccc(-c5cccc(-c6cc7ccccc7o6)c5)cc4)c4cc5ccccc5c5ccccc45)cc3)cc2)cc1. The molecule has 0 N–H and O–H groups in total. The summed E-state index contributed by atoms with van der Waals surface area (Å²) in [4.78, 5) is 2.39. The Morgan fingerprint density at radius 3 is 1.44 bits per heavy atom. The maximum absolute atomic E-state index is 6.21. The van der Waals surface area contributed by atoms with E-state index >= 15 is 0 Å². The molecule has 0 saturated carbocycles. The summed E-state index contributed by atoms with van der Waals surface area (Å²) in [6, 6.07) is 75.9. The second kappa shape index (κ2) is 13.4. The Balaban J connectivity index is 1.05. The normalized spacial score (nSPS) is 11.3. The molecular weight excluding hydrogens is 655 g/mol. The minimum Gasteiger partial charge on any atom is -0.456 e. The number of benzene rings is 9. The minimum atomic E-state index is 0.875. The summed E-state index contributed by atoms with van der Waals surface area (Å²) in [5.41, 5.74) is 12.4. The van der Waals surface area contributed by atoms with E-state index < -0.39 is 0 Å². The first-order chi connectivity index (χ1) is 26.7. The van der Waals surface area contributed by atoms with Gasteiger partial charge in [-0.25, -0.2) is 0 Å². The fraction of sp³-hybridized carbons (Fsp3) is 0. The van der Waals surface area contributed by atoms with Gasteiger partial charge in [-0.05, 0) is 98.1 Å². The van der Waals surface area contributed by atoms with Crippen LogP contribution >= 0.6 is 0 Å². The topological polar surface area (TPSA) is 16.4 Å². The highest BCUT2D eigenvalue weighted by Crippen LogP contribution is 2.43. The lowest BCUT2D eigenvalue weighted by atomic mass is 9.98. The molecule has 0 saturated heterocycles. The molecule has 0 spiro atoms. The van der Waals surface area contributed by atoms with Crippen molar-refractivity contribution in [3.05, 3.63) is 212 Å². The molecule has 10 aromatic rings. The van der Waals surface area contributed by atoms with E-state index in [-0.39, 0.29) is 0 Å². The first-order valence-corrected chi connectivity index (χ1v) is 18.4. The first-order valence-electron chi connectivity index (χ1n) is 18.4. The van der Waals surface area contributed by atoms with Crippen molar-refractivity contribution in [3.63, 3.8) is 0 Å². The molecule has 1 aromatic heterocycles. The Kier molecular flexibility index (Phi) is 7.85. The number of rotatable bonds is 7. The van der Waals surface area contributed by atoms with Gasteiger partial charge in [0.05, 0.1) is 5.69 Å². The van der Waals surface area contributed by atoms with Crippen LogP contribution < -0.4 is 4.90 Å². The minimum absolute atomic E-state index is 0.875. The van der Waals surface area contributed by atoms with Crippen molar-refractivity contribution in [3.8, 4) is 44.7 Å². The largest absolute Gasteiger partial charge is 0.456 e. The quantitative estimate of drug-likeness (QED) is 0.155. The molecule has 10 rings (SSSR count). The van der Waals surface area contributed by atoms with Crippen LogP contribution in [0.3, 0.4) is 0 Å². The van der Waals surface area contributed by atoms with Crippen molar-refractivity contribution in [1.29, 1.82) is 0 Å². The van der Waals surface area contributed by atoms with E-state index in [1.165, 1.54) is 43.8 Å². The Morgan fingerprint density at radius 2 is 0.778 bits per heavy atom. The van der Waals surface area contributed by atoms with Crippen LogP contribution in [-0.2, 0) is 0 Å². The van der Waals surface area contributed by atoms with Gasteiger partial charge in [0, 0.05) is 27.7 Å². The van der Waals surface area contributed by atoms with Gasteiger partial charge in [0.25, 0.3) is 0 Å². The lowest BCUT2D eigenvalue weighted by molar-refractivity contribution is 0.631. The van der Waals surface area contributed by atoms with Crippen molar-refractivity contribution in [2.24, 2.45) is 0 Å². The zero-order chi connectivity index (χ0) is 35.8. The summed E-state index contributed by atoms with van der Waals surface area (Å²) in [5.74, 6) is 0.875. The number of para-hydroxylation sites is 1. The van der Waals surface area contributed by atoms with Crippen LogP contribution in [0.2, 0.25) is 0 Å². The summed E-state index contributed by atoms with van der Waals surface area (Å²) in [6.45, 7) is 0. The van der Waals surface area contributed by atoms with Crippen LogP contribution in [0.25, 0.3) is 77.2 Å². The predicted molar refractivity (Wildman–Crippen MR) is 228 cm³/mol. The summed E-state index contributed by atoms with van der Waals surface area (Å²) in [5, 5.41) is 6.03. The van der Waals surface area contributed by atoms with E-state index in [1.807, 2.05) is 18.2 Å². The Labute approximate surface area is 314 Å². The van der Waals surface area contributed by atoms with Crippen LogP contribution in [0.4, 0.5) is 17.1 Å². The molecule has 0 atom stereocenters. The molecule has 54 heavy (non-hydrogen) atoms. The summed E-state index contributed by atoms with van der Waals surface area (Å²) < 4.78 is 6.21. The number of anilines is 3. The molecule has 0 amide bonds. The molecule has 0 radical (unpaired) electrons. The molecule has 0 fully saturated rings. The maximum atomic E-state index is 6.21. The molecule has 9 aromatic carbocycles. The van der Waals surface area contributed by atoms with Crippen LogP contribution in [0.1, 0.15) is 0 Å². The van der Waals surface area contributed by atoms with Gasteiger partial charge in [0.1, 0.15) is 11.3 Å². The highest BCUT2D eigenvalue weighted by molar-refractivity contribution is 6.14. The Morgan fingerprint density at radius 1 is 0.296 bits per heavy atom. The van der Waals surface area contributed by atoms with Crippen LogP contribution in [0.15, 0.2) is 217 Å². The van der Waals surface area contributed by atoms with Gasteiger partial charge in [-0.1, -0.05) is 164 Å². The Bertz CT molecular complexity index is 2870. The second-order valence-corrected chi connectivity index (χ2v) is 13.8. The van der Waals surface area contributed by atoms with Crippen LogP contribution in [0.5, 0.6) is 0 Å². The smallest absolute Gasteiger partial charge is 0.135 e. The monoisotopic (exact) mass is 689 g/mol. The molecule has 0 aliphatic carbocycles. The highest BCUT2D eigenvalue weighted by Gasteiger charge is 2.18. The van der Waals surface area contributed by atoms with Crippen molar-refractivity contribution in [2.75, 3.05) is 4.90 Å². The van der Waals surface area contributed by atoms with Gasteiger partial charge < -0.3 is 9.32 Å². The van der Waals surface area contributed by atoms with E-state index in [9.17, 15) is 0 Å². The fourth-order valence-electron chi connectivity index (χ4n) is 7.71. The average Bonchev–Trinajstić information content (AvgIpc) is 3.70. The van der Waals surface area contributed by atoms with E-state index in [4.69, 9.17) is 4.42 Å². The van der Waals surface area contributed by atoms with Crippen molar-refractivity contribution in [1.82, 2.24) is 0 Å². The molecule has 0 aliphatic rings. The number of nitrogens with zero attached hydrogens (tertiary/aromatic N) is 1. The third-order valence-electron chi connectivity index (χ3n) is 10.5. The third kappa shape index (κ3) is 5.81. The van der Waals surface area contributed by atoms with Gasteiger partial charge in [-0.2, -0.15) is 0 Å². The number of hydrogen-bond acceptors (Lipinski definition) is 2. The third-order valence-corrected chi connectivity index (χ3v) is 10.5. The second-order valence-electron chi connectivity index (χ2n) is 13.8. The molecular formula is C52H35NO. The van der Waals surface area contributed by atoms with Crippen LogP contribution in [0, 0.1) is 0 Å². The lowest BCUT2D eigenvalue weighted by Crippen LogP contribution is -2.10. The number of hydrogen-bond donors (Lipinski definition) is 0. The van der Waals surface area contributed by atoms with Crippen molar-refractivity contribution >= 4 is 49.6 Å². The fourth-order valence-corrected chi connectivity index (χ4v) is 7.71. The first kappa shape index (κ1) is 31.6. The number of fused-ring (bicyclic) bond motifs is 4. The highest BCUT2D eigenvalue weighted by atomic mass is 16.3.